The Labute approximate surface area is 113 Å². The Balaban J connectivity index is 1.79. The fourth-order valence-electron chi connectivity index (χ4n) is 2.02. The van der Waals surface area contributed by atoms with Gasteiger partial charge in [0.2, 0.25) is 11.9 Å². The number of anilines is 2. The number of benzene rings is 1. The van der Waals surface area contributed by atoms with Crippen molar-refractivity contribution in [1.29, 1.82) is 0 Å². The Hall–Kier alpha value is -2.76. The Kier molecular flexibility index (Phi) is 2.90. The molecule has 0 saturated carbocycles. The van der Waals surface area contributed by atoms with Crippen LogP contribution in [-0.2, 0) is 11.2 Å². The fraction of sp³-hybridized carbons (Fsp3) is 0.0714. The number of nitrogens with zero attached hydrogens (tertiary/aromatic N) is 1. The van der Waals surface area contributed by atoms with E-state index in [-0.39, 0.29) is 18.2 Å². The van der Waals surface area contributed by atoms with Crippen molar-refractivity contribution in [3.63, 3.8) is 0 Å². The van der Waals surface area contributed by atoms with Crippen molar-refractivity contribution in [1.82, 2.24) is 4.98 Å². The van der Waals surface area contributed by atoms with E-state index >= 15 is 0 Å². The largest absolute Gasteiger partial charge is 0.326 e. The molecule has 0 fully saturated rings. The zero-order chi connectivity index (χ0) is 14.1. The highest BCUT2D eigenvalue weighted by Crippen LogP contribution is 2.24. The Morgan fingerprint density at radius 3 is 2.90 bits per heavy atom. The lowest BCUT2D eigenvalue weighted by Gasteiger charge is -2.06. The van der Waals surface area contributed by atoms with E-state index in [1.807, 2.05) is 0 Å². The van der Waals surface area contributed by atoms with Crippen LogP contribution in [0.5, 0.6) is 0 Å². The molecule has 1 aliphatic heterocycles. The highest BCUT2D eigenvalue weighted by molar-refractivity contribution is 6.06. The van der Waals surface area contributed by atoms with Crippen molar-refractivity contribution in [2.24, 2.45) is 0 Å². The summed E-state index contributed by atoms with van der Waals surface area (Å²) in [6.45, 7) is 0. The standard InChI is InChI=1S/C14H10FN3O2/c15-12-4-2-10(7-16-12)17-14(20)8-1-3-11-9(5-8)6-13(19)18-11/h1-5,7H,6H2,(H,17,20)(H,18,19). The minimum atomic E-state index is -0.606. The molecule has 1 aliphatic rings. The van der Waals surface area contributed by atoms with Gasteiger partial charge in [0.05, 0.1) is 18.3 Å². The first kappa shape index (κ1) is 12.3. The van der Waals surface area contributed by atoms with Gasteiger partial charge in [-0.2, -0.15) is 4.39 Å². The molecule has 0 bridgehead atoms. The number of hydrogen-bond acceptors (Lipinski definition) is 3. The molecule has 2 amide bonds. The minimum Gasteiger partial charge on any atom is -0.326 e. The van der Waals surface area contributed by atoms with Crippen LogP contribution in [0, 0.1) is 5.95 Å². The molecule has 0 saturated heterocycles. The van der Waals surface area contributed by atoms with Gasteiger partial charge in [-0.1, -0.05) is 0 Å². The summed E-state index contributed by atoms with van der Waals surface area (Å²) in [5.74, 6) is -1.02. The maximum absolute atomic E-state index is 12.7. The molecule has 0 unspecified atom stereocenters. The summed E-state index contributed by atoms with van der Waals surface area (Å²) in [5.41, 5.74) is 2.37. The Morgan fingerprint density at radius 1 is 1.30 bits per heavy atom. The van der Waals surface area contributed by atoms with Gasteiger partial charge in [0.1, 0.15) is 0 Å². The van der Waals surface area contributed by atoms with E-state index < -0.39 is 5.95 Å². The normalized spacial score (nSPS) is 12.8. The highest BCUT2D eigenvalue weighted by Gasteiger charge is 2.19. The highest BCUT2D eigenvalue weighted by atomic mass is 19.1. The lowest BCUT2D eigenvalue weighted by atomic mass is 10.1. The number of carbonyl (C=O) groups excluding carboxylic acids is 2. The van der Waals surface area contributed by atoms with Gasteiger partial charge in [0.15, 0.2) is 0 Å². The second-order valence-corrected chi connectivity index (χ2v) is 4.42. The minimum absolute atomic E-state index is 0.0831. The molecule has 1 aromatic heterocycles. The van der Waals surface area contributed by atoms with Crippen LogP contribution in [0.1, 0.15) is 15.9 Å². The third-order valence-electron chi connectivity index (χ3n) is 2.98. The third-order valence-corrected chi connectivity index (χ3v) is 2.98. The molecule has 0 radical (unpaired) electrons. The van der Waals surface area contributed by atoms with Gasteiger partial charge in [-0.15, -0.1) is 0 Å². The number of carbonyl (C=O) groups is 2. The van der Waals surface area contributed by atoms with Crippen LogP contribution < -0.4 is 10.6 Å². The van der Waals surface area contributed by atoms with Crippen molar-refractivity contribution in [3.8, 4) is 0 Å². The molecular formula is C14H10FN3O2. The molecule has 2 N–H and O–H groups in total. The molecule has 1 aromatic carbocycles. The monoisotopic (exact) mass is 271 g/mol. The van der Waals surface area contributed by atoms with Crippen LogP contribution in [0.3, 0.4) is 0 Å². The van der Waals surface area contributed by atoms with E-state index in [0.717, 1.165) is 11.3 Å². The average Bonchev–Trinajstić information content (AvgIpc) is 2.80. The van der Waals surface area contributed by atoms with E-state index in [4.69, 9.17) is 0 Å². The quantitative estimate of drug-likeness (QED) is 0.820. The van der Waals surface area contributed by atoms with Crippen LogP contribution in [0.2, 0.25) is 0 Å². The number of fused-ring (bicyclic) bond motifs is 1. The number of aromatic nitrogens is 1. The molecule has 0 aliphatic carbocycles. The molecule has 100 valence electrons. The zero-order valence-corrected chi connectivity index (χ0v) is 10.3. The topological polar surface area (TPSA) is 71.1 Å². The van der Waals surface area contributed by atoms with E-state index in [1.165, 1.54) is 18.3 Å². The number of hydrogen-bond donors (Lipinski definition) is 2. The van der Waals surface area contributed by atoms with Gasteiger partial charge in [-0.25, -0.2) is 4.98 Å². The summed E-state index contributed by atoms with van der Waals surface area (Å²) in [6.07, 6.45) is 1.51. The molecule has 5 nitrogen and oxygen atoms in total. The molecular weight excluding hydrogens is 261 g/mol. The van der Waals surface area contributed by atoms with Gasteiger partial charge < -0.3 is 10.6 Å². The fourth-order valence-corrected chi connectivity index (χ4v) is 2.02. The first-order chi connectivity index (χ1) is 9.61. The van der Waals surface area contributed by atoms with Crippen molar-refractivity contribution in [2.75, 3.05) is 10.6 Å². The summed E-state index contributed by atoms with van der Waals surface area (Å²) in [4.78, 5) is 26.7. The third kappa shape index (κ3) is 2.35. The van der Waals surface area contributed by atoms with E-state index in [9.17, 15) is 14.0 Å². The zero-order valence-electron chi connectivity index (χ0n) is 10.3. The van der Waals surface area contributed by atoms with Gasteiger partial charge in [0, 0.05) is 11.3 Å². The predicted molar refractivity (Wildman–Crippen MR) is 70.9 cm³/mol. The van der Waals surface area contributed by atoms with Crippen LogP contribution in [0.15, 0.2) is 36.5 Å². The smallest absolute Gasteiger partial charge is 0.255 e. The van der Waals surface area contributed by atoms with E-state index in [2.05, 4.69) is 15.6 Å². The van der Waals surface area contributed by atoms with Gasteiger partial charge in [-0.05, 0) is 35.9 Å². The molecule has 0 atom stereocenters. The summed E-state index contributed by atoms with van der Waals surface area (Å²) in [6, 6.07) is 7.58. The Morgan fingerprint density at radius 2 is 2.15 bits per heavy atom. The number of rotatable bonds is 2. The molecule has 3 rings (SSSR count). The average molecular weight is 271 g/mol. The van der Waals surface area contributed by atoms with Crippen LogP contribution in [0.4, 0.5) is 15.8 Å². The maximum atomic E-state index is 12.7. The molecule has 2 heterocycles. The van der Waals surface area contributed by atoms with E-state index in [0.29, 0.717) is 11.3 Å². The van der Waals surface area contributed by atoms with Crippen molar-refractivity contribution in [3.05, 3.63) is 53.6 Å². The van der Waals surface area contributed by atoms with Crippen molar-refractivity contribution in [2.45, 2.75) is 6.42 Å². The predicted octanol–water partition coefficient (Wildman–Crippen LogP) is 1.97. The molecule has 20 heavy (non-hydrogen) atoms. The molecule has 0 spiro atoms. The first-order valence-corrected chi connectivity index (χ1v) is 5.97. The van der Waals surface area contributed by atoms with E-state index in [1.54, 1.807) is 18.2 Å². The van der Waals surface area contributed by atoms with Gasteiger partial charge >= 0.3 is 0 Å². The summed E-state index contributed by atoms with van der Waals surface area (Å²) in [7, 11) is 0. The van der Waals surface area contributed by atoms with Crippen LogP contribution in [-0.4, -0.2) is 16.8 Å². The van der Waals surface area contributed by atoms with Gasteiger partial charge in [0.25, 0.3) is 5.91 Å². The van der Waals surface area contributed by atoms with Crippen molar-refractivity contribution >= 4 is 23.2 Å². The molecule has 6 heteroatoms. The second kappa shape index (κ2) is 4.73. The Bertz CT molecular complexity index is 698. The first-order valence-electron chi connectivity index (χ1n) is 5.97. The number of halogens is 1. The second-order valence-electron chi connectivity index (χ2n) is 4.42. The van der Waals surface area contributed by atoms with Crippen LogP contribution in [0.25, 0.3) is 0 Å². The lowest BCUT2D eigenvalue weighted by molar-refractivity contribution is -0.115. The summed E-state index contributed by atoms with van der Waals surface area (Å²) in [5, 5.41) is 5.31. The van der Waals surface area contributed by atoms with Crippen LogP contribution >= 0.6 is 0 Å². The van der Waals surface area contributed by atoms with Crippen molar-refractivity contribution < 1.29 is 14.0 Å². The maximum Gasteiger partial charge on any atom is 0.255 e. The number of amides is 2. The summed E-state index contributed by atoms with van der Waals surface area (Å²) >= 11 is 0. The van der Waals surface area contributed by atoms with Gasteiger partial charge in [-0.3, -0.25) is 9.59 Å². The lowest BCUT2D eigenvalue weighted by Crippen LogP contribution is -2.12. The summed E-state index contributed by atoms with van der Waals surface area (Å²) < 4.78 is 12.7. The molecule has 2 aromatic rings. The number of nitrogens with one attached hydrogen (secondary N) is 2. The number of pyridine rings is 1. The SMILES string of the molecule is O=C1Cc2cc(C(=O)Nc3ccc(F)nc3)ccc2N1.